The van der Waals surface area contributed by atoms with Crippen LogP contribution in [-0.2, 0) is 4.79 Å². The zero-order valence-corrected chi connectivity index (χ0v) is 11.2. The monoisotopic (exact) mass is 277 g/mol. The highest BCUT2D eigenvalue weighted by Crippen LogP contribution is 2.35. The summed E-state index contributed by atoms with van der Waals surface area (Å²) >= 11 is 11.6. The highest BCUT2D eigenvalue weighted by Gasteiger charge is 2.15. The second kappa shape index (κ2) is 5.98. The second-order valence-corrected chi connectivity index (χ2v) is 4.35. The summed E-state index contributed by atoms with van der Waals surface area (Å²) in [4.78, 5) is 11.5. The number of halogens is 2. The number of nitrogens with one attached hydrogen (secondary N) is 1. The Kier molecular flexibility index (Phi) is 4.90. The van der Waals surface area contributed by atoms with Crippen LogP contribution in [0.5, 0.6) is 11.5 Å². The van der Waals surface area contributed by atoms with Gasteiger partial charge in [0.15, 0.2) is 0 Å². The van der Waals surface area contributed by atoms with E-state index in [0.29, 0.717) is 22.2 Å². The van der Waals surface area contributed by atoms with Crippen molar-refractivity contribution in [3.8, 4) is 11.5 Å². The molecular formula is C11H13Cl2NO3. The molecule has 0 aliphatic rings. The van der Waals surface area contributed by atoms with Crippen LogP contribution >= 0.6 is 23.2 Å². The Morgan fingerprint density at radius 3 is 2.35 bits per heavy atom. The number of hydrogen-bond donors (Lipinski definition) is 1. The summed E-state index contributed by atoms with van der Waals surface area (Å²) in [5.74, 6) is 0.601. The summed E-state index contributed by atoms with van der Waals surface area (Å²) in [7, 11) is 2.99. The Morgan fingerprint density at radius 1 is 1.29 bits per heavy atom. The third-order valence-electron chi connectivity index (χ3n) is 2.09. The normalized spacial score (nSPS) is 11.8. The highest BCUT2D eigenvalue weighted by atomic mass is 35.5. The molecule has 1 aromatic rings. The van der Waals surface area contributed by atoms with E-state index in [4.69, 9.17) is 32.7 Å². The lowest BCUT2D eigenvalue weighted by atomic mass is 10.2. The average Bonchev–Trinajstić information content (AvgIpc) is 2.29. The minimum atomic E-state index is -0.638. The summed E-state index contributed by atoms with van der Waals surface area (Å²) < 4.78 is 10.2. The van der Waals surface area contributed by atoms with E-state index in [1.807, 2.05) is 0 Å². The number of hydrogen-bond acceptors (Lipinski definition) is 3. The van der Waals surface area contributed by atoms with E-state index in [0.717, 1.165) is 0 Å². The van der Waals surface area contributed by atoms with Gasteiger partial charge in [0.05, 0.1) is 24.9 Å². The molecule has 1 amide bonds. The van der Waals surface area contributed by atoms with Crippen LogP contribution < -0.4 is 14.8 Å². The lowest BCUT2D eigenvalue weighted by Crippen LogP contribution is -2.20. The number of rotatable bonds is 4. The molecule has 6 heteroatoms. The van der Waals surface area contributed by atoms with Crippen molar-refractivity contribution in [3.05, 3.63) is 17.2 Å². The van der Waals surface area contributed by atoms with Crippen molar-refractivity contribution >= 4 is 34.8 Å². The van der Waals surface area contributed by atoms with Crippen molar-refractivity contribution < 1.29 is 14.3 Å². The van der Waals surface area contributed by atoms with Gasteiger partial charge in [-0.15, -0.1) is 11.6 Å². The summed E-state index contributed by atoms with van der Waals surface area (Å²) in [6.07, 6.45) is 0. The molecule has 0 aromatic heterocycles. The van der Waals surface area contributed by atoms with Crippen molar-refractivity contribution in [1.29, 1.82) is 0 Å². The van der Waals surface area contributed by atoms with Gasteiger partial charge >= 0.3 is 0 Å². The first-order valence-electron chi connectivity index (χ1n) is 4.86. The van der Waals surface area contributed by atoms with Gasteiger partial charge in [-0.25, -0.2) is 0 Å². The number of carbonyl (C=O) groups is 1. The van der Waals surface area contributed by atoms with Crippen molar-refractivity contribution in [2.45, 2.75) is 12.3 Å². The van der Waals surface area contributed by atoms with E-state index < -0.39 is 5.38 Å². The molecule has 0 heterocycles. The van der Waals surface area contributed by atoms with E-state index in [-0.39, 0.29) is 5.91 Å². The maximum absolute atomic E-state index is 11.5. The van der Waals surface area contributed by atoms with E-state index in [2.05, 4.69) is 5.32 Å². The fraction of sp³-hybridized carbons (Fsp3) is 0.364. The fourth-order valence-corrected chi connectivity index (χ4v) is 1.49. The number of methoxy groups -OCH3 is 2. The van der Waals surface area contributed by atoms with E-state index in [1.54, 1.807) is 19.1 Å². The lowest BCUT2D eigenvalue weighted by Gasteiger charge is -2.13. The fourth-order valence-electron chi connectivity index (χ4n) is 1.19. The van der Waals surface area contributed by atoms with Crippen molar-refractivity contribution in [2.24, 2.45) is 0 Å². The maximum Gasteiger partial charge on any atom is 0.242 e. The predicted molar refractivity (Wildman–Crippen MR) is 68.5 cm³/mol. The van der Waals surface area contributed by atoms with Crippen LogP contribution in [0.25, 0.3) is 0 Å². The number of ether oxygens (including phenoxy) is 2. The Hall–Kier alpha value is -1.13. The number of alkyl halides is 1. The molecule has 17 heavy (non-hydrogen) atoms. The standard InChI is InChI=1S/C11H13Cl2NO3/c1-6(12)11(15)14-8-4-7(13)9(16-2)5-10(8)17-3/h4-6H,1-3H3,(H,14,15)/t6-/m0/s1. The van der Waals surface area contributed by atoms with E-state index >= 15 is 0 Å². The number of benzene rings is 1. The topological polar surface area (TPSA) is 47.6 Å². The molecule has 94 valence electrons. The third-order valence-corrected chi connectivity index (χ3v) is 2.59. The first-order valence-corrected chi connectivity index (χ1v) is 5.67. The number of anilines is 1. The van der Waals surface area contributed by atoms with Gasteiger partial charge in [0.25, 0.3) is 0 Å². The molecule has 0 spiro atoms. The molecule has 0 bridgehead atoms. The highest BCUT2D eigenvalue weighted by molar-refractivity contribution is 6.33. The van der Waals surface area contributed by atoms with Crippen molar-refractivity contribution in [1.82, 2.24) is 0 Å². The van der Waals surface area contributed by atoms with Crippen LogP contribution in [0.1, 0.15) is 6.92 Å². The van der Waals surface area contributed by atoms with Crippen LogP contribution in [0.15, 0.2) is 12.1 Å². The predicted octanol–water partition coefficient (Wildman–Crippen LogP) is 2.92. The quantitative estimate of drug-likeness (QED) is 0.861. The summed E-state index contributed by atoms with van der Waals surface area (Å²) in [6.45, 7) is 1.58. The third kappa shape index (κ3) is 3.41. The number of amides is 1. The molecule has 0 saturated heterocycles. The Balaban J connectivity index is 3.06. The SMILES string of the molecule is COc1cc(OC)c(NC(=O)[C@H](C)Cl)cc1Cl. The minimum absolute atomic E-state index is 0.328. The van der Waals surface area contributed by atoms with Crippen LogP contribution in [0, 0.1) is 0 Å². The zero-order valence-electron chi connectivity index (χ0n) is 9.71. The largest absolute Gasteiger partial charge is 0.495 e. The Labute approximate surface area is 110 Å². The van der Waals surface area contributed by atoms with Gasteiger partial charge in [0.1, 0.15) is 16.9 Å². The van der Waals surface area contributed by atoms with Crippen LogP contribution in [0.4, 0.5) is 5.69 Å². The molecule has 0 aliphatic carbocycles. The van der Waals surface area contributed by atoms with Crippen LogP contribution in [-0.4, -0.2) is 25.5 Å². The number of carbonyl (C=O) groups excluding carboxylic acids is 1. The van der Waals surface area contributed by atoms with Crippen LogP contribution in [0.3, 0.4) is 0 Å². The summed E-state index contributed by atoms with van der Waals surface area (Å²) in [6, 6.07) is 3.15. The summed E-state index contributed by atoms with van der Waals surface area (Å²) in [5.41, 5.74) is 0.454. The van der Waals surface area contributed by atoms with Crippen molar-refractivity contribution in [2.75, 3.05) is 19.5 Å². The molecule has 4 nitrogen and oxygen atoms in total. The first-order chi connectivity index (χ1) is 7.99. The molecule has 1 N–H and O–H groups in total. The zero-order chi connectivity index (χ0) is 13.0. The van der Waals surface area contributed by atoms with Gasteiger partial charge in [-0.05, 0) is 13.0 Å². The van der Waals surface area contributed by atoms with Crippen molar-refractivity contribution in [3.63, 3.8) is 0 Å². The van der Waals surface area contributed by atoms with Gasteiger partial charge in [-0.3, -0.25) is 4.79 Å². The van der Waals surface area contributed by atoms with E-state index in [1.165, 1.54) is 14.2 Å². The molecule has 0 fully saturated rings. The smallest absolute Gasteiger partial charge is 0.242 e. The summed E-state index contributed by atoms with van der Waals surface area (Å²) in [5, 5.41) is 2.36. The average molecular weight is 278 g/mol. The van der Waals surface area contributed by atoms with Gasteiger partial charge in [-0.1, -0.05) is 11.6 Å². The first kappa shape index (κ1) is 13.9. The second-order valence-electron chi connectivity index (χ2n) is 3.29. The van der Waals surface area contributed by atoms with Gasteiger partial charge in [-0.2, -0.15) is 0 Å². The molecular weight excluding hydrogens is 265 g/mol. The molecule has 1 aromatic carbocycles. The molecule has 0 saturated carbocycles. The van der Waals surface area contributed by atoms with Crippen LogP contribution in [0.2, 0.25) is 5.02 Å². The molecule has 1 atom stereocenters. The van der Waals surface area contributed by atoms with Gasteiger partial charge in [0, 0.05) is 6.07 Å². The Bertz CT molecular complexity index is 421. The van der Waals surface area contributed by atoms with Gasteiger partial charge in [0.2, 0.25) is 5.91 Å². The molecule has 0 radical (unpaired) electrons. The molecule has 1 rings (SSSR count). The molecule has 0 aliphatic heterocycles. The lowest BCUT2D eigenvalue weighted by molar-refractivity contribution is -0.115. The maximum atomic E-state index is 11.5. The minimum Gasteiger partial charge on any atom is -0.495 e. The van der Waals surface area contributed by atoms with Gasteiger partial charge < -0.3 is 14.8 Å². The Morgan fingerprint density at radius 2 is 1.88 bits per heavy atom. The molecule has 0 unspecified atom stereocenters. The van der Waals surface area contributed by atoms with E-state index in [9.17, 15) is 4.79 Å².